The first-order chi connectivity index (χ1) is 8.70. The number of benzene rings is 1. The molecule has 1 aromatic carbocycles. The van der Waals surface area contributed by atoms with E-state index in [-0.39, 0.29) is 0 Å². The Hall–Kier alpha value is -1.76. The molecule has 4 nitrogen and oxygen atoms in total. The molecule has 0 saturated carbocycles. The highest BCUT2D eigenvalue weighted by atomic mass is 19.4. The van der Waals surface area contributed by atoms with Gasteiger partial charge < -0.3 is 15.8 Å². The number of aryl methyl sites for hydroxylation is 1. The molecule has 3 N–H and O–H groups in total. The van der Waals surface area contributed by atoms with Gasteiger partial charge in [0.05, 0.1) is 11.4 Å². The highest BCUT2D eigenvalue weighted by Gasteiger charge is 2.37. The summed E-state index contributed by atoms with van der Waals surface area (Å²) in [5, 5.41) is 2.39. The summed E-state index contributed by atoms with van der Waals surface area (Å²) in [6, 6.07) is 4.95. The maximum absolute atomic E-state index is 12.2. The fourth-order valence-electron chi connectivity index (χ4n) is 1.28. The fourth-order valence-corrected chi connectivity index (χ4v) is 1.28. The zero-order chi connectivity index (χ0) is 14.6. The van der Waals surface area contributed by atoms with Gasteiger partial charge in [0.1, 0.15) is 6.61 Å². The fraction of sp³-hybridized carbons (Fsp3) is 0.417. The van der Waals surface area contributed by atoms with Crippen molar-refractivity contribution in [1.29, 1.82) is 0 Å². The maximum Gasteiger partial charge on any atom is 0.414 e. The van der Waals surface area contributed by atoms with Gasteiger partial charge in [0, 0.05) is 0 Å². The second-order valence-electron chi connectivity index (χ2n) is 4.13. The van der Waals surface area contributed by atoms with Gasteiger partial charge in [0.25, 0.3) is 0 Å². The van der Waals surface area contributed by atoms with Crippen LogP contribution in [0.15, 0.2) is 18.2 Å². The average molecular weight is 276 g/mol. The minimum Gasteiger partial charge on any atom is -0.397 e. The van der Waals surface area contributed by atoms with Crippen molar-refractivity contribution in [1.82, 2.24) is 0 Å². The van der Waals surface area contributed by atoms with E-state index in [4.69, 9.17) is 5.73 Å². The summed E-state index contributed by atoms with van der Waals surface area (Å²) in [4.78, 5) is 11.4. The molecule has 0 fully saturated rings. The predicted molar refractivity (Wildman–Crippen MR) is 65.7 cm³/mol. The molecule has 0 saturated heterocycles. The van der Waals surface area contributed by atoms with Crippen molar-refractivity contribution in [3.63, 3.8) is 0 Å². The van der Waals surface area contributed by atoms with Crippen LogP contribution in [0.2, 0.25) is 0 Å². The Labute approximate surface area is 108 Å². The van der Waals surface area contributed by atoms with Crippen molar-refractivity contribution in [3.05, 3.63) is 23.8 Å². The van der Waals surface area contributed by atoms with Crippen LogP contribution in [0.5, 0.6) is 0 Å². The Morgan fingerprint density at radius 2 is 2.11 bits per heavy atom. The molecular weight excluding hydrogens is 261 g/mol. The highest BCUT2D eigenvalue weighted by molar-refractivity contribution is 5.94. The molecule has 1 atom stereocenters. The van der Waals surface area contributed by atoms with E-state index in [1.807, 2.05) is 6.92 Å². The van der Waals surface area contributed by atoms with Crippen LogP contribution >= 0.6 is 0 Å². The van der Waals surface area contributed by atoms with Gasteiger partial charge in [0.15, 0.2) is 6.10 Å². The summed E-state index contributed by atoms with van der Waals surface area (Å²) in [6.45, 7) is 1.98. The van der Waals surface area contributed by atoms with E-state index in [1.165, 1.54) is 0 Å². The second kappa shape index (κ2) is 5.92. The first-order valence-corrected chi connectivity index (χ1v) is 5.54. The van der Waals surface area contributed by atoms with Crippen molar-refractivity contribution >= 4 is 17.3 Å². The quantitative estimate of drug-likeness (QED) is 0.830. The molecule has 1 amide bonds. The smallest absolute Gasteiger partial charge is 0.397 e. The average Bonchev–Trinajstić information content (AvgIpc) is 2.28. The molecule has 19 heavy (non-hydrogen) atoms. The van der Waals surface area contributed by atoms with Crippen LogP contribution in [0, 0.1) is 6.92 Å². The van der Waals surface area contributed by atoms with E-state index >= 15 is 0 Å². The summed E-state index contributed by atoms with van der Waals surface area (Å²) in [5.41, 5.74) is 7.26. The van der Waals surface area contributed by atoms with E-state index in [9.17, 15) is 18.0 Å². The maximum atomic E-state index is 12.2. The largest absolute Gasteiger partial charge is 0.414 e. The van der Waals surface area contributed by atoms with E-state index in [1.54, 1.807) is 18.2 Å². The van der Waals surface area contributed by atoms with E-state index in [2.05, 4.69) is 10.1 Å². The molecule has 0 aliphatic heterocycles. The van der Waals surface area contributed by atoms with Gasteiger partial charge in [-0.1, -0.05) is 6.07 Å². The van der Waals surface area contributed by atoms with Crippen molar-refractivity contribution in [2.24, 2.45) is 0 Å². The van der Waals surface area contributed by atoms with Gasteiger partial charge in [-0.05, 0) is 31.5 Å². The Bertz CT molecular complexity index is 461. The van der Waals surface area contributed by atoms with Crippen LogP contribution in [0.4, 0.5) is 24.5 Å². The van der Waals surface area contributed by atoms with Crippen LogP contribution in [0.3, 0.4) is 0 Å². The molecule has 0 radical (unpaired) electrons. The Kier molecular flexibility index (Phi) is 4.77. The minimum atomic E-state index is -4.48. The van der Waals surface area contributed by atoms with Crippen LogP contribution in [-0.2, 0) is 9.53 Å². The number of rotatable bonds is 4. The van der Waals surface area contributed by atoms with Crippen molar-refractivity contribution < 1.29 is 22.7 Å². The van der Waals surface area contributed by atoms with Crippen molar-refractivity contribution in [2.75, 3.05) is 17.7 Å². The number of nitrogen functional groups attached to an aromatic ring is 1. The molecule has 0 aliphatic rings. The lowest BCUT2D eigenvalue weighted by Gasteiger charge is -2.16. The van der Waals surface area contributed by atoms with Gasteiger partial charge in [0.2, 0.25) is 5.91 Å². The van der Waals surface area contributed by atoms with Gasteiger partial charge >= 0.3 is 6.18 Å². The molecule has 0 aliphatic carbocycles. The number of carbonyl (C=O) groups is 1. The summed E-state index contributed by atoms with van der Waals surface area (Å²) < 4.78 is 40.9. The number of ether oxygens (including phenoxy) is 1. The summed E-state index contributed by atoms with van der Waals surface area (Å²) in [6.07, 6.45) is -6.47. The van der Waals surface area contributed by atoms with Gasteiger partial charge in [-0.3, -0.25) is 4.79 Å². The lowest BCUT2D eigenvalue weighted by molar-refractivity contribution is -0.213. The van der Waals surface area contributed by atoms with Crippen LogP contribution in [0.1, 0.15) is 12.5 Å². The number of hydrogen-bond acceptors (Lipinski definition) is 3. The summed E-state index contributed by atoms with van der Waals surface area (Å²) in [7, 11) is 0. The molecular formula is C12H15F3N2O2. The standard InChI is InChI=1S/C12H15F3N2O2/c1-7-3-4-10(9(16)5-7)17-11(18)6-19-8(2)12(13,14)15/h3-5,8H,6,16H2,1-2H3,(H,17,18). The lowest BCUT2D eigenvalue weighted by Crippen LogP contribution is -2.32. The molecule has 1 aromatic rings. The van der Waals surface area contributed by atoms with E-state index in [0.29, 0.717) is 11.4 Å². The number of nitrogens with one attached hydrogen (secondary N) is 1. The molecule has 0 aromatic heterocycles. The topological polar surface area (TPSA) is 64.3 Å². The number of halogens is 3. The number of amides is 1. The monoisotopic (exact) mass is 276 g/mol. The molecule has 0 heterocycles. The number of alkyl halides is 3. The number of hydrogen-bond donors (Lipinski definition) is 2. The van der Waals surface area contributed by atoms with Gasteiger partial charge in [-0.25, -0.2) is 0 Å². The minimum absolute atomic E-state index is 0.345. The summed E-state index contributed by atoms with van der Waals surface area (Å²) >= 11 is 0. The SMILES string of the molecule is Cc1ccc(NC(=O)COC(C)C(F)(F)F)c(N)c1. The molecule has 0 spiro atoms. The first-order valence-electron chi connectivity index (χ1n) is 5.54. The van der Waals surface area contributed by atoms with Gasteiger partial charge in [-0.15, -0.1) is 0 Å². The normalized spacial score (nSPS) is 13.1. The molecule has 1 unspecified atom stereocenters. The zero-order valence-electron chi connectivity index (χ0n) is 10.5. The second-order valence-corrected chi connectivity index (χ2v) is 4.13. The third kappa shape index (κ3) is 4.78. The Balaban J connectivity index is 2.52. The molecule has 1 rings (SSSR count). The third-order valence-electron chi connectivity index (χ3n) is 2.41. The molecule has 0 bridgehead atoms. The first kappa shape index (κ1) is 15.3. The van der Waals surface area contributed by atoms with E-state index < -0.39 is 24.8 Å². The van der Waals surface area contributed by atoms with Gasteiger partial charge in [-0.2, -0.15) is 13.2 Å². The number of nitrogens with two attached hydrogens (primary N) is 1. The summed E-state index contributed by atoms with van der Waals surface area (Å²) in [5.74, 6) is -0.688. The number of carbonyl (C=O) groups excluding carboxylic acids is 1. The predicted octanol–water partition coefficient (Wildman–Crippen LogP) is 2.48. The lowest BCUT2D eigenvalue weighted by atomic mass is 10.2. The van der Waals surface area contributed by atoms with Crippen molar-refractivity contribution in [2.45, 2.75) is 26.1 Å². The van der Waals surface area contributed by atoms with Crippen LogP contribution in [0.25, 0.3) is 0 Å². The third-order valence-corrected chi connectivity index (χ3v) is 2.41. The molecule has 106 valence electrons. The van der Waals surface area contributed by atoms with Crippen LogP contribution < -0.4 is 11.1 Å². The Morgan fingerprint density at radius 1 is 1.47 bits per heavy atom. The number of anilines is 2. The highest BCUT2D eigenvalue weighted by Crippen LogP contribution is 2.22. The van der Waals surface area contributed by atoms with Crippen molar-refractivity contribution in [3.8, 4) is 0 Å². The Morgan fingerprint density at radius 3 is 2.63 bits per heavy atom. The van der Waals surface area contributed by atoms with Crippen LogP contribution in [-0.4, -0.2) is 24.8 Å². The van der Waals surface area contributed by atoms with E-state index in [0.717, 1.165) is 12.5 Å². The molecule has 7 heteroatoms. The zero-order valence-corrected chi connectivity index (χ0v) is 10.5.